The number of hydrogen-bond donors (Lipinski definition) is 1. The summed E-state index contributed by atoms with van der Waals surface area (Å²) < 4.78 is 0. The van der Waals surface area contributed by atoms with Crippen LogP contribution in [0.2, 0.25) is 0 Å². The van der Waals surface area contributed by atoms with E-state index < -0.39 is 0 Å². The molecule has 1 fully saturated rings. The lowest BCUT2D eigenvalue weighted by molar-refractivity contribution is 0.0733. The van der Waals surface area contributed by atoms with E-state index in [2.05, 4.69) is 34.4 Å². The van der Waals surface area contributed by atoms with Gasteiger partial charge in [-0.2, -0.15) is 0 Å². The van der Waals surface area contributed by atoms with Gasteiger partial charge in [-0.05, 0) is 68.5 Å². The third-order valence-electron chi connectivity index (χ3n) is 6.16. The quantitative estimate of drug-likeness (QED) is 0.631. The Hall–Kier alpha value is -2.93. The average Bonchev–Trinajstić information content (AvgIpc) is 3.42. The number of carbonyl (C=O) groups is 1. The van der Waals surface area contributed by atoms with Crippen LogP contribution in [0.5, 0.6) is 0 Å². The van der Waals surface area contributed by atoms with E-state index >= 15 is 0 Å². The van der Waals surface area contributed by atoms with Gasteiger partial charge in [0.25, 0.3) is 5.91 Å². The summed E-state index contributed by atoms with van der Waals surface area (Å²) in [5, 5.41) is 6.14. The average molecular weight is 434 g/mol. The fraction of sp³-hybridized carbons (Fsp3) is 0.375. The molecule has 0 aliphatic carbocycles. The fourth-order valence-corrected chi connectivity index (χ4v) is 5.32. The largest absolute Gasteiger partial charge is 0.374 e. The van der Waals surface area contributed by atoms with E-state index in [1.165, 1.54) is 11.3 Å². The molecule has 1 aromatic carbocycles. The van der Waals surface area contributed by atoms with Crippen LogP contribution in [0.15, 0.2) is 41.8 Å². The molecule has 2 aliphatic rings. The summed E-state index contributed by atoms with van der Waals surface area (Å²) in [6.07, 6.45) is 4.10. The lowest BCUT2D eigenvalue weighted by Gasteiger charge is -2.29. The van der Waals surface area contributed by atoms with Gasteiger partial charge in [-0.1, -0.05) is 6.07 Å². The van der Waals surface area contributed by atoms with Gasteiger partial charge in [0.15, 0.2) is 5.13 Å². The molecule has 0 spiro atoms. The maximum Gasteiger partial charge on any atom is 0.254 e. The topological polar surface area (TPSA) is 61.4 Å². The molecule has 1 saturated heterocycles. The van der Waals surface area contributed by atoms with E-state index in [4.69, 9.17) is 4.98 Å². The van der Waals surface area contributed by atoms with Crippen molar-refractivity contribution >= 4 is 33.9 Å². The summed E-state index contributed by atoms with van der Waals surface area (Å²) in [4.78, 5) is 27.0. The van der Waals surface area contributed by atoms with Gasteiger partial charge in [-0.3, -0.25) is 4.79 Å². The zero-order valence-electron chi connectivity index (χ0n) is 18.0. The molecular formula is C24H27N5OS. The van der Waals surface area contributed by atoms with Crippen LogP contribution in [0, 0.1) is 6.92 Å². The van der Waals surface area contributed by atoms with Crippen molar-refractivity contribution in [3.8, 4) is 0 Å². The van der Waals surface area contributed by atoms with E-state index in [0.717, 1.165) is 66.7 Å². The van der Waals surface area contributed by atoms with Crippen molar-refractivity contribution in [2.24, 2.45) is 0 Å². The number of likely N-dealkylation sites (tertiary alicyclic amines) is 1. The van der Waals surface area contributed by atoms with E-state index in [1.54, 1.807) is 11.3 Å². The highest BCUT2D eigenvalue weighted by atomic mass is 32.1. The molecule has 3 aromatic rings. The van der Waals surface area contributed by atoms with Gasteiger partial charge in [0, 0.05) is 36.8 Å². The molecule has 160 valence electrons. The molecule has 2 aromatic heterocycles. The molecule has 1 amide bonds. The number of amides is 1. The second-order valence-corrected chi connectivity index (χ2v) is 9.25. The third-order valence-corrected chi connectivity index (χ3v) is 7.03. The van der Waals surface area contributed by atoms with Gasteiger partial charge in [-0.15, -0.1) is 11.3 Å². The molecule has 0 unspecified atom stereocenters. The fourth-order valence-electron chi connectivity index (χ4n) is 4.63. The molecule has 6 nitrogen and oxygen atoms in total. The molecule has 5 rings (SSSR count). The minimum Gasteiger partial charge on any atom is -0.374 e. The van der Waals surface area contributed by atoms with Gasteiger partial charge in [-0.25, -0.2) is 9.97 Å². The molecule has 7 heteroatoms. The van der Waals surface area contributed by atoms with Gasteiger partial charge >= 0.3 is 0 Å². The van der Waals surface area contributed by atoms with E-state index in [1.807, 2.05) is 41.5 Å². The first kappa shape index (κ1) is 20.0. The number of fused-ring (bicyclic) bond motifs is 1. The predicted molar refractivity (Wildman–Crippen MR) is 125 cm³/mol. The van der Waals surface area contributed by atoms with Crippen LogP contribution in [0.25, 0.3) is 0 Å². The molecule has 4 heterocycles. The van der Waals surface area contributed by atoms with Crippen LogP contribution in [-0.4, -0.2) is 40.9 Å². The van der Waals surface area contributed by atoms with Crippen molar-refractivity contribution < 1.29 is 4.79 Å². The number of aryl methyl sites for hydroxylation is 2. The number of aromatic nitrogens is 2. The summed E-state index contributed by atoms with van der Waals surface area (Å²) in [6, 6.07) is 12.2. The SMILES string of the molecule is Cc1csc(Nc2cccc([C@H]3CCCN3C(=O)c3ccc4c(c3)CCCN4C)n2)n1. The molecular weight excluding hydrogens is 406 g/mol. The number of benzene rings is 1. The second-order valence-electron chi connectivity index (χ2n) is 8.39. The van der Waals surface area contributed by atoms with Crippen molar-refractivity contribution in [1.82, 2.24) is 14.9 Å². The highest BCUT2D eigenvalue weighted by Crippen LogP contribution is 2.34. The molecule has 1 atom stereocenters. The van der Waals surface area contributed by atoms with Crippen molar-refractivity contribution in [3.05, 3.63) is 64.3 Å². The lowest BCUT2D eigenvalue weighted by atomic mass is 9.99. The van der Waals surface area contributed by atoms with Crippen LogP contribution in [0.3, 0.4) is 0 Å². The molecule has 0 radical (unpaired) electrons. The van der Waals surface area contributed by atoms with Crippen LogP contribution >= 0.6 is 11.3 Å². The van der Waals surface area contributed by atoms with Crippen molar-refractivity contribution in [1.29, 1.82) is 0 Å². The highest BCUT2D eigenvalue weighted by molar-refractivity contribution is 7.13. The van der Waals surface area contributed by atoms with Crippen molar-refractivity contribution in [3.63, 3.8) is 0 Å². The molecule has 1 N–H and O–H groups in total. The van der Waals surface area contributed by atoms with Crippen LogP contribution < -0.4 is 10.2 Å². The Morgan fingerprint density at radius 3 is 2.90 bits per heavy atom. The van der Waals surface area contributed by atoms with Gasteiger partial charge in [0.05, 0.1) is 17.4 Å². The van der Waals surface area contributed by atoms with Crippen molar-refractivity contribution in [2.75, 3.05) is 30.4 Å². The number of thiazole rings is 1. The minimum atomic E-state index is 0.00554. The maximum atomic E-state index is 13.4. The molecule has 31 heavy (non-hydrogen) atoms. The van der Waals surface area contributed by atoms with Gasteiger partial charge < -0.3 is 15.1 Å². The Labute approximate surface area is 186 Å². The first-order valence-electron chi connectivity index (χ1n) is 10.9. The number of pyridine rings is 1. The van der Waals surface area contributed by atoms with E-state index in [0.29, 0.717) is 0 Å². The summed E-state index contributed by atoms with van der Waals surface area (Å²) in [7, 11) is 2.12. The molecule has 2 aliphatic heterocycles. The number of rotatable bonds is 4. The molecule has 0 saturated carbocycles. The monoisotopic (exact) mass is 433 g/mol. The van der Waals surface area contributed by atoms with Crippen LogP contribution in [0.4, 0.5) is 16.6 Å². The first-order valence-corrected chi connectivity index (χ1v) is 11.8. The third kappa shape index (κ3) is 4.02. The summed E-state index contributed by atoms with van der Waals surface area (Å²) in [5.74, 6) is 0.872. The zero-order valence-corrected chi connectivity index (χ0v) is 18.8. The highest BCUT2D eigenvalue weighted by Gasteiger charge is 2.32. The summed E-state index contributed by atoms with van der Waals surface area (Å²) >= 11 is 1.57. The lowest BCUT2D eigenvalue weighted by Crippen LogP contribution is -2.31. The second kappa shape index (κ2) is 8.30. The summed E-state index contributed by atoms with van der Waals surface area (Å²) in [6.45, 7) is 3.82. The Morgan fingerprint density at radius 1 is 1.16 bits per heavy atom. The Bertz CT molecular complexity index is 1110. The van der Waals surface area contributed by atoms with Gasteiger partial charge in [0.2, 0.25) is 0 Å². The van der Waals surface area contributed by atoms with Gasteiger partial charge in [0.1, 0.15) is 5.82 Å². The Balaban J connectivity index is 1.37. The minimum absolute atomic E-state index is 0.00554. The van der Waals surface area contributed by atoms with Crippen LogP contribution in [0.1, 0.15) is 52.6 Å². The standard InChI is InChI=1S/C24H27N5OS/c1-16-15-31-24(25-16)27-22-9-3-7-19(26-22)21-8-5-13-29(21)23(30)18-10-11-20-17(14-18)6-4-12-28(20)2/h3,7,9-11,14-15,21H,4-6,8,12-13H2,1-2H3,(H,25,26,27)/t21-/m1/s1. The van der Waals surface area contributed by atoms with E-state index in [-0.39, 0.29) is 11.9 Å². The van der Waals surface area contributed by atoms with Crippen LogP contribution in [-0.2, 0) is 6.42 Å². The normalized spacial score (nSPS) is 18.2. The number of carbonyl (C=O) groups excluding carboxylic acids is 1. The smallest absolute Gasteiger partial charge is 0.254 e. The van der Waals surface area contributed by atoms with Crippen molar-refractivity contribution in [2.45, 2.75) is 38.6 Å². The first-order chi connectivity index (χ1) is 15.1. The number of hydrogen-bond acceptors (Lipinski definition) is 6. The maximum absolute atomic E-state index is 13.4. The number of nitrogens with one attached hydrogen (secondary N) is 1. The summed E-state index contributed by atoms with van der Waals surface area (Å²) in [5.41, 5.74) is 5.24. The zero-order chi connectivity index (χ0) is 21.4. The number of anilines is 3. The Morgan fingerprint density at radius 2 is 2.06 bits per heavy atom. The number of nitrogens with zero attached hydrogens (tertiary/aromatic N) is 4. The van der Waals surface area contributed by atoms with E-state index in [9.17, 15) is 4.79 Å². The molecule has 0 bridgehead atoms. The predicted octanol–water partition coefficient (Wildman–Crippen LogP) is 4.95. The Kier molecular flexibility index (Phi) is 5.36.